The number of carbonyl (C=O) groups is 1. The van der Waals surface area contributed by atoms with Gasteiger partial charge < -0.3 is 15.4 Å². The number of aromatic nitrogens is 2. The molecule has 0 aliphatic heterocycles. The number of hydrogen-bond donors (Lipinski definition) is 2. The second-order valence-corrected chi connectivity index (χ2v) is 5.94. The fourth-order valence-corrected chi connectivity index (χ4v) is 2.56. The molecule has 26 heavy (non-hydrogen) atoms. The van der Waals surface area contributed by atoms with Gasteiger partial charge in [-0.15, -0.1) is 0 Å². The van der Waals surface area contributed by atoms with Gasteiger partial charge in [-0.05, 0) is 36.8 Å². The molecule has 3 rings (SSSR count). The first-order valence-corrected chi connectivity index (χ1v) is 8.24. The minimum absolute atomic E-state index is 0.201. The molecule has 1 aromatic heterocycles. The fourth-order valence-electron chi connectivity index (χ4n) is 2.30. The Morgan fingerprint density at radius 3 is 2.58 bits per heavy atom. The number of aryl methyl sites for hydroxylation is 1. The van der Waals surface area contributed by atoms with Crippen LogP contribution >= 0.6 is 11.6 Å². The fraction of sp³-hybridized carbons (Fsp3) is 0.105. The molecule has 6 nitrogen and oxygen atoms in total. The molecule has 0 fully saturated rings. The number of halogens is 1. The number of nitrogens with zero attached hydrogens (tertiary/aromatic N) is 2. The van der Waals surface area contributed by atoms with Gasteiger partial charge in [0, 0.05) is 11.4 Å². The SMILES string of the molecule is COc1ccc(NC(=O)c2cnc(Nc3ccccc3C)cn2)cc1Cl. The highest BCUT2D eigenvalue weighted by Crippen LogP contribution is 2.27. The van der Waals surface area contributed by atoms with E-state index in [1.165, 1.54) is 19.5 Å². The molecule has 2 aromatic carbocycles. The predicted molar refractivity (Wildman–Crippen MR) is 102 cm³/mol. The third-order valence-electron chi connectivity index (χ3n) is 3.70. The summed E-state index contributed by atoms with van der Waals surface area (Å²) in [7, 11) is 1.53. The van der Waals surface area contributed by atoms with E-state index < -0.39 is 0 Å². The molecule has 0 aliphatic rings. The summed E-state index contributed by atoms with van der Waals surface area (Å²) >= 11 is 6.06. The molecule has 1 heterocycles. The van der Waals surface area contributed by atoms with E-state index >= 15 is 0 Å². The van der Waals surface area contributed by atoms with Gasteiger partial charge in [0.05, 0.1) is 24.5 Å². The summed E-state index contributed by atoms with van der Waals surface area (Å²) in [5, 5.41) is 6.31. The van der Waals surface area contributed by atoms with Crippen LogP contribution in [0.15, 0.2) is 54.9 Å². The quantitative estimate of drug-likeness (QED) is 0.696. The van der Waals surface area contributed by atoms with Crippen molar-refractivity contribution in [2.24, 2.45) is 0 Å². The van der Waals surface area contributed by atoms with Crippen LogP contribution in [0.2, 0.25) is 5.02 Å². The molecule has 3 aromatic rings. The van der Waals surface area contributed by atoms with Gasteiger partial charge >= 0.3 is 0 Å². The monoisotopic (exact) mass is 368 g/mol. The van der Waals surface area contributed by atoms with Crippen LogP contribution in [-0.4, -0.2) is 23.0 Å². The maximum absolute atomic E-state index is 12.3. The number of ether oxygens (including phenoxy) is 1. The van der Waals surface area contributed by atoms with Gasteiger partial charge in [0.25, 0.3) is 5.91 Å². The number of para-hydroxylation sites is 1. The molecule has 0 spiro atoms. The molecule has 132 valence electrons. The lowest BCUT2D eigenvalue weighted by Crippen LogP contribution is -2.14. The standard InChI is InChI=1S/C19H17ClN4O2/c1-12-5-3-4-6-15(12)24-18-11-21-16(10-22-18)19(25)23-13-7-8-17(26-2)14(20)9-13/h3-11H,1-2H3,(H,22,24)(H,23,25). The van der Waals surface area contributed by atoms with Gasteiger partial charge in [0.2, 0.25) is 0 Å². The summed E-state index contributed by atoms with van der Waals surface area (Å²) in [5.74, 6) is 0.723. The number of nitrogens with one attached hydrogen (secondary N) is 2. The first-order valence-electron chi connectivity index (χ1n) is 7.86. The number of hydrogen-bond acceptors (Lipinski definition) is 5. The second kappa shape index (κ2) is 7.84. The van der Waals surface area contributed by atoms with E-state index in [2.05, 4.69) is 20.6 Å². The van der Waals surface area contributed by atoms with Crippen molar-refractivity contribution in [3.8, 4) is 5.75 Å². The summed E-state index contributed by atoms with van der Waals surface area (Å²) in [5.41, 5.74) is 2.77. The molecular weight excluding hydrogens is 352 g/mol. The smallest absolute Gasteiger partial charge is 0.275 e. The van der Waals surface area contributed by atoms with E-state index in [1.54, 1.807) is 18.2 Å². The molecule has 2 N–H and O–H groups in total. The lowest BCUT2D eigenvalue weighted by Gasteiger charge is -2.09. The number of carbonyl (C=O) groups excluding carboxylic acids is 1. The molecule has 7 heteroatoms. The molecule has 0 radical (unpaired) electrons. The Morgan fingerprint density at radius 1 is 1.12 bits per heavy atom. The van der Waals surface area contributed by atoms with Crippen LogP contribution in [-0.2, 0) is 0 Å². The topological polar surface area (TPSA) is 76.1 Å². The van der Waals surface area contributed by atoms with E-state index in [9.17, 15) is 4.79 Å². The number of rotatable bonds is 5. The van der Waals surface area contributed by atoms with Crippen molar-refractivity contribution in [3.05, 3.63) is 71.1 Å². The highest BCUT2D eigenvalue weighted by atomic mass is 35.5. The largest absolute Gasteiger partial charge is 0.495 e. The van der Waals surface area contributed by atoms with Crippen molar-refractivity contribution in [1.29, 1.82) is 0 Å². The highest BCUT2D eigenvalue weighted by molar-refractivity contribution is 6.32. The Labute approximate surface area is 156 Å². The van der Waals surface area contributed by atoms with E-state index in [-0.39, 0.29) is 11.6 Å². The van der Waals surface area contributed by atoms with Crippen molar-refractivity contribution < 1.29 is 9.53 Å². The zero-order chi connectivity index (χ0) is 18.5. The molecule has 0 bridgehead atoms. The first-order chi connectivity index (χ1) is 12.6. The Balaban J connectivity index is 1.69. The highest BCUT2D eigenvalue weighted by Gasteiger charge is 2.10. The van der Waals surface area contributed by atoms with E-state index in [0.717, 1.165) is 11.3 Å². The Bertz CT molecular complexity index is 929. The Morgan fingerprint density at radius 2 is 1.92 bits per heavy atom. The van der Waals surface area contributed by atoms with Crippen molar-refractivity contribution in [2.75, 3.05) is 17.7 Å². The van der Waals surface area contributed by atoms with Crippen molar-refractivity contribution in [2.45, 2.75) is 6.92 Å². The molecule has 0 unspecified atom stereocenters. The van der Waals surface area contributed by atoms with Crippen LogP contribution in [0.4, 0.5) is 17.2 Å². The number of methoxy groups -OCH3 is 1. The average molecular weight is 369 g/mol. The van der Waals surface area contributed by atoms with Crippen LogP contribution in [0.5, 0.6) is 5.75 Å². The van der Waals surface area contributed by atoms with Crippen LogP contribution in [0.3, 0.4) is 0 Å². The Hall–Kier alpha value is -3.12. The number of anilines is 3. The number of benzene rings is 2. The maximum Gasteiger partial charge on any atom is 0.275 e. The first kappa shape index (κ1) is 17.7. The molecular formula is C19H17ClN4O2. The normalized spacial score (nSPS) is 10.3. The van der Waals surface area contributed by atoms with Crippen LogP contribution < -0.4 is 15.4 Å². The van der Waals surface area contributed by atoms with Crippen LogP contribution in [0, 0.1) is 6.92 Å². The lowest BCUT2D eigenvalue weighted by molar-refractivity contribution is 0.102. The summed E-state index contributed by atoms with van der Waals surface area (Å²) in [6.45, 7) is 2.00. The van der Waals surface area contributed by atoms with E-state index in [4.69, 9.17) is 16.3 Å². The van der Waals surface area contributed by atoms with Gasteiger partial charge in [0.1, 0.15) is 17.3 Å². The molecule has 0 saturated carbocycles. The third kappa shape index (κ3) is 4.10. The average Bonchev–Trinajstić information content (AvgIpc) is 2.64. The Kier molecular flexibility index (Phi) is 5.34. The van der Waals surface area contributed by atoms with E-state index in [0.29, 0.717) is 22.3 Å². The summed E-state index contributed by atoms with van der Waals surface area (Å²) in [6, 6.07) is 12.8. The van der Waals surface area contributed by atoms with Gasteiger partial charge in [-0.3, -0.25) is 4.79 Å². The van der Waals surface area contributed by atoms with E-state index in [1.807, 2.05) is 31.2 Å². The molecule has 0 aliphatic carbocycles. The number of amides is 1. The second-order valence-electron chi connectivity index (χ2n) is 5.53. The van der Waals surface area contributed by atoms with Crippen LogP contribution in [0.25, 0.3) is 0 Å². The zero-order valence-electron chi connectivity index (χ0n) is 14.3. The van der Waals surface area contributed by atoms with Crippen molar-refractivity contribution >= 4 is 34.7 Å². The maximum atomic E-state index is 12.3. The zero-order valence-corrected chi connectivity index (χ0v) is 15.0. The predicted octanol–water partition coefficient (Wildman–Crippen LogP) is 4.44. The summed E-state index contributed by atoms with van der Waals surface area (Å²) in [6.07, 6.45) is 2.93. The molecule has 0 saturated heterocycles. The van der Waals surface area contributed by atoms with Crippen LogP contribution in [0.1, 0.15) is 16.1 Å². The van der Waals surface area contributed by atoms with Gasteiger partial charge in [-0.2, -0.15) is 0 Å². The minimum Gasteiger partial charge on any atom is -0.495 e. The van der Waals surface area contributed by atoms with Gasteiger partial charge in [-0.25, -0.2) is 9.97 Å². The summed E-state index contributed by atoms with van der Waals surface area (Å²) < 4.78 is 5.09. The van der Waals surface area contributed by atoms with Gasteiger partial charge in [0.15, 0.2) is 0 Å². The minimum atomic E-state index is -0.374. The van der Waals surface area contributed by atoms with Crippen molar-refractivity contribution in [3.63, 3.8) is 0 Å². The van der Waals surface area contributed by atoms with Crippen molar-refractivity contribution in [1.82, 2.24) is 9.97 Å². The summed E-state index contributed by atoms with van der Waals surface area (Å²) in [4.78, 5) is 20.7. The third-order valence-corrected chi connectivity index (χ3v) is 4.00. The lowest BCUT2D eigenvalue weighted by atomic mass is 10.2. The van der Waals surface area contributed by atoms with Gasteiger partial charge in [-0.1, -0.05) is 29.8 Å². The molecule has 1 amide bonds. The molecule has 0 atom stereocenters.